The molecule has 1 aromatic carbocycles. The van der Waals surface area contributed by atoms with E-state index >= 15 is 0 Å². The minimum absolute atomic E-state index is 1.13. The predicted octanol–water partition coefficient (Wildman–Crippen LogP) is 3.47. The van der Waals surface area contributed by atoms with Crippen molar-refractivity contribution in [1.29, 1.82) is 0 Å². The summed E-state index contributed by atoms with van der Waals surface area (Å²) < 4.78 is 0. The molecular formula is C13H15N. The van der Waals surface area contributed by atoms with Crippen LogP contribution in [0, 0.1) is 27.7 Å². The minimum atomic E-state index is 1.13. The Morgan fingerprint density at radius 1 is 0.929 bits per heavy atom. The summed E-state index contributed by atoms with van der Waals surface area (Å²) in [6, 6.07) is 4.47. The van der Waals surface area contributed by atoms with E-state index in [1.165, 1.54) is 27.5 Å². The molecule has 0 N–H and O–H groups in total. The number of aryl methyl sites for hydroxylation is 4. The quantitative estimate of drug-likeness (QED) is 0.612. The second-order valence-electron chi connectivity index (χ2n) is 3.99. The topological polar surface area (TPSA) is 12.9 Å². The molecule has 0 aliphatic heterocycles. The Balaban J connectivity index is 2.89. The first kappa shape index (κ1) is 9.20. The van der Waals surface area contributed by atoms with Gasteiger partial charge in [-0.15, -0.1) is 0 Å². The second kappa shape index (κ2) is 3.09. The largest absolute Gasteiger partial charge is 0.261 e. The van der Waals surface area contributed by atoms with Crippen LogP contribution in [-0.2, 0) is 0 Å². The molecule has 2 aromatic rings. The van der Waals surface area contributed by atoms with Crippen molar-refractivity contribution in [2.45, 2.75) is 27.7 Å². The molecule has 0 saturated heterocycles. The molecule has 0 atom stereocenters. The smallest absolute Gasteiger partial charge is 0.0408 e. The number of hydrogen-bond donors (Lipinski definition) is 0. The van der Waals surface area contributed by atoms with Crippen LogP contribution >= 0.6 is 0 Å². The first-order chi connectivity index (χ1) is 6.59. The summed E-state index contributed by atoms with van der Waals surface area (Å²) in [4.78, 5) is 4.38. The summed E-state index contributed by atoms with van der Waals surface area (Å²) in [7, 11) is 0. The molecule has 72 valence electrons. The normalized spacial score (nSPS) is 10.9. The zero-order chi connectivity index (χ0) is 10.3. The molecule has 0 saturated carbocycles. The second-order valence-corrected chi connectivity index (χ2v) is 3.99. The minimum Gasteiger partial charge on any atom is -0.261 e. The lowest BCUT2D eigenvalue weighted by Gasteiger charge is -2.07. The number of hydrogen-bond acceptors (Lipinski definition) is 1. The van der Waals surface area contributed by atoms with Crippen molar-refractivity contribution in [3.05, 3.63) is 40.7 Å². The van der Waals surface area contributed by atoms with E-state index < -0.39 is 0 Å². The highest BCUT2D eigenvalue weighted by Crippen LogP contribution is 2.22. The van der Waals surface area contributed by atoms with Gasteiger partial charge in [0.05, 0.1) is 0 Å². The van der Waals surface area contributed by atoms with E-state index in [1.54, 1.807) is 0 Å². The van der Waals surface area contributed by atoms with Crippen LogP contribution in [0.4, 0.5) is 0 Å². The molecule has 2 rings (SSSR count). The molecule has 0 aliphatic carbocycles. The standard InChI is InChI=1S/C13H15N/c1-8-5-12-7-14-11(4)10(3)13(12)6-9(8)2/h5-7H,1-4H3. The lowest BCUT2D eigenvalue weighted by molar-refractivity contribution is 1.17. The van der Waals surface area contributed by atoms with Crippen LogP contribution in [0.2, 0.25) is 0 Å². The average molecular weight is 185 g/mol. The third-order valence-electron chi connectivity index (χ3n) is 3.01. The van der Waals surface area contributed by atoms with E-state index in [2.05, 4.69) is 44.8 Å². The average Bonchev–Trinajstić information content (AvgIpc) is 2.15. The maximum atomic E-state index is 4.38. The summed E-state index contributed by atoms with van der Waals surface area (Å²) >= 11 is 0. The van der Waals surface area contributed by atoms with Crippen molar-refractivity contribution in [3.63, 3.8) is 0 Å². The SMILES string of the molecule is Cc1cc2cnc(C)c(C)c2cc1C. The molecule has 0 unspecified atom stereocenters. The Morgan fingerprint density at radius 2 is 1.57 bits per heavy atom. The van der Waals surface area contributed by atoms with Gasteiger partial charge in [-0.3, -0.25) is 4.98 Å². The summed E-state index contributed by atoms with van der Waals surface area (Å²) in [5.74, 6) is 0. The van der Waals surface area contributed by atoms with E-state index in [4.69, 9.17) is 0 Å². The van der Waals surface area contributed by atoms with Gasteiger partial charge in [0, 0.05) is 17.3 Å². The van der Waals surface area contributed by atoms with Crippen molar-refractivity contribution in [2.75, 3.05) is 0 Å². The number of aromatic nitrogens is 1. The fraction of sp³-hybridized carbons (Fsp3) is 0.308. The van der Waals surface area contributed by atoms with Gasteiger partial charge in [0.15, 0.2) is 0 Å². The summed E-state index contributed by atoms with van der Waals surface area (Å²) in [5.41, 5.74) is 5.11. The lowest BCUT2D eigenvalue weighted by atomic mass is 10.0. The van der Waals surface area contributed by atoms with Gasteiger partial charge in [-0.2, -0.15) is 0 Å². The van der Waals surface area contributed by atoms with Crippen LogP contribution in [0.25, 0.3) is 10.8 Å². The van der Waals surface area contributed by atoms with Gasteiger partial charge in [-0.05, 0) is 55.8 Å². The molecule has 0 amide bonds. The van der Waals surface area contributed by atoms with Crippen molar-refractivity contribution in [3.8, 4) is 0 Å². The molecule has 0 radical (unpaired) electrons. The maximum Gasteiger partial charge on any atom is 0.0408 e. The highest BCUT2D eigenvalue weighted by Gasteiger charge is 2.03. The molecular weight excluding hydrogens is 170 g/mol. The molecule has 1 heterocycles. The summed E-state index contributed by atoms with van der Waals surface area (Å²) in [6.07, 6.45) is 1.96. The van der Waals surface area contributed by atoms with Gasteiger partial charge in [-0.25, -0.2) is 0 Å². The van der Waals surface area contributed by atoms with Crippen molar-refractivity contribution in [1.82, 2.24) is 4.98 Å². The molecule has 0 spiro atoms. The van der Waals surface area contributed by atoms with Gasteiger partial charge >= 0.3 is 0 Å². The third kappa shape index (κ3) is 1.29. The number of nitrogens with zero attached hydrogens (tertiary/aromatic N) is 1. The molecule has 1 nitrogen and oxygen atoms in total. The first-order valence-corrected chi connectivity index (χ1v) is 4.93. The Hall–Kier alpha value is -1.37. The zero-order valence-corrected chi connectivity index (χ0v) is 9.18. The van der Waals surface area contributed by atoms with E-state index in [1.807, 2.05) is 6.20 Å². The van der Waals surface area contributed by atoms with Gasteiger partial charge in [0.25, 0.3) is 0 Å². The van der Waals surface area contributed by atoms with Gasteiger partial charge in [0.1, 0.15) is 0 Å². The first-order valence-electron chi connectivity index (χ1n) is 4.93. The molecule has 0 aliphatic rings. The fourth-order valence-corrected chi connectivity index (χ4v) is 1.73. The van der Waals surface area contributed by atoms with Crippen LogP contribution in [0.15, 0.2) is 18.3 Å². The summed E-state index contributed by atoms with van der Waals surface area (Å²) in [5, 5.41) is 2.58. The fourth-order valence-electron chi connectivity index (χ4n) is 1.73. The lowest BCUT2D eigenvalue weighted by Crippen LogP contribution is -1.90. The number of rotatable bonds is 0. The van der Waals surface area contributed by atoms with Crippen molar-refractivity contribution < 1.29 is 0 Å². The van der Waals surface area contributed by atoms with Crippen molar-refractivity contribution in [2.24, 2.45) is 0 Å². The van der Waals surface area contributed by atoms with Gasteiger partial charge in [0.2, 0.25) is 0 Å². The highest BCUT2D eigenvalue weighted by atomic mass is 14.7. The predicted molar refractivity (Wildman–Crippen MR) is 60.7 cm³/mol. The van der Waals surface area contributed by atoms with Crippen LogP contribution in [0.1, 0.15) is 22.4 Å². The third-order valence-corrected chi connectivity index (χ3v) is 3.01. The van der Waals surface area contributed by atoms with Gasteiger partial charge in [-0.1, -0.05) is 6.07 Å². The molecule has 1 heteroatoms. The Bertz CT molecular complexity index is 498. The Kier molecular flexibility index (Phi) is 2.03. The molecule has 0 fully saturated rings. The monoisotopic (exact) mass is 185 g/mol. The van der Waals surface area contributed by atoms with Crippen LogP contribution in [0.5, 0.6) is 0 Å². The van der Waals surface area contributed by atoms with E-state index in [-0.39, 0.29) is 0 Å². The maximum absolute atomic E-state index is 4.38. The van der Waals surface area contributed by atoms with Crippen LogP contribution in [0.3, 0.4) is 0 Å². The van der Waals surface area contributed by atoms with Crippen LogP contribution in [-0.4, -0.2) is 4.98 Å². The number of benzene rings is 1. The number of pyridine rings is 1. The Morgan fingerprint density at radius 3 is 2.29 bits per heavy atom. The zero-order valence-electron chi connectivity index (χ0n) is 9.18. The molecule has 14 heavy (non-hydrogen) atoms. The molecule has 1 aromatic heterocycles. The molecule has 0 bridgehead atoms. The summed E-state index contributed by atoms with van der Waals surface area (Å²) in [6.45, 7) is 8.50. The van der Waals surface area contributed by atoms with Crippen molar-refractivity contribution >= 4 is 10.8 Å². The van der Waals surface area contributed by atoms with Gasteiger partial charge < -0.3 is 0 Å². The van der Waals surface area contributed by atoms with E-state index in [0.717, 1.165) is 5.69 Å². The Labute approximate surface area is 84.8 Å². The van der Waals surface area contributed by atoms with E-state index in [9.17, 15) is 0 Å². The van der Waals surface area contributed by atoms with Crippen LogP contribution < -0.4 is 0 Å². The number of fused-ring (bicyclic) bond motifs is 1. The highest BCUT2D eigenvalue weighted by molar-refractivity contribution is 5.86. The van der Waals surface area contributed by atoms with E-state index in [0.29, 0.717) is 0 Å².